The standard InChI is InChI=1S/C23H27ClN6O4S.C20H21ClN6O.C6H15N.C5H10O.C3H7ClO2S.CH4/c1-3-20-22(29-15-18(24)6-9-21(29)27-20)23(31)25-14-17-4-7-19(8-5-17)30-11-10-28(16-26-30)35(32,33)13-12-34-2;1-2-17-19(26-12-15(21)5-8-18(26)25-17)20(28)23-11-14-3-6-16(7-4-14)27-10-9-22-13-24-27;1-4-7(5-2)6-3;1-5-3-2-4-6-5;1-2-3-7(4,5)6;/h4-9,15-16H,3,10-14H2,1-2H3,(H,25,31);3-8,12-13H,2,9-11H2,1H3,(H,22,24)(H,23,28);4-6H2,1-3H3;5H,2-4H2,1H3;2-3H2,1H3;1H4. The van der Waals surface area contributed by atoms with Crippen LogP contribution in [0.5, 0.6) is 0 Å². The fourth-order valence-electron chi connectivity index (χ4n) is 8.62. The molecule has 2 amide bonds. The molecular formula is C58H84Cl3N13O8S2. The molecule has 3 N–H and O–H groups in total. The summed E-state index contributed by atoms with van der Waals surface area (Å²) in [6, 6.07) is 22.8. The molecule has 0 spiro atoms. The van der Waals surface area contributed by atoms with Crippen LogP contribution in [0.1, 0.15) is 119 Å². The molecule has 462 valence electrons. The van der Waals surface area contributed by atoms with Gasteiger partial charge in [0.2, 0.25) is 19.1 Å². The summed E-state index contributed by atoms with van der Waals surface area (Å²) in [7, 11) is -0.364. The van der Waals surface area contributed by atoms with Crippen LogP contribution in [0.25, 0.3) is 11.3 Å². The van der Waals surface area contributed by atoms with Gasteiger partial charge in [0, 0.05) is 49.9 Å². The Morgan fingerprint density at radius 3 is 1.62 bits per heavy atom. The minimum Gasteiger partial charge on any atom is -0.384 e. The lowest BCUT2D eigenvalue weighted by molar-refractivity contribution is 0.0936. The van der Waals surface area contributed by atoms with Crippen LogP contribution in [0.3, 0.4) is 0 Å². The summed E-state index contributed by atoms with van der Waals surface area (Å²) in [5.41, 5.74) is 10.8. The van der Waals surface area contributed by atoms with E-state index in [4.69, 9.17) is 43.4 Å². The lowest BCUT2D eigenvalue weighted by Crippen LogP contribution is -2.42. The number of anilines is 2. The predicted octanol–water partition coefficient (Wildman–Crippen LogP) is 9.49. The molecule has 26 heteroatoms. The van der Waals surface area contributed by atoms with Crippen molar-refractivity contribution in [1.82, 2.24) is 44.0 Å². The lowest BCUT2D eigenvalue weighted by atomic mass is 10.2. The number of benzene rings is 2. The van der Waals surface area contributed by atoms with Crippen LogP contribution in [0.2, 0.25) is 10.0 Å². The summed E-state index contributed by atoms with van der Waals surface area (Å²) >= 11 is 12.2. The normalized spacial score (nSPS) is 14.7. The number of hydrogen-bond donors (Lipinski definition) is 3. The van der Waals surface area contributed by atoms with E-state index in [-0.39, 0.29) is 37.4 Å². The van der Waals surface area contributed by atoms with Crippen molar-refractivity contribution in [3.05, 3.63) is 129 Å². The molecule has 0 aliphatic carbocycles. The first-order chi connectivity index (χ1) is 39.8. The molecule has 3 aliphatic rings. The highest BCUT2D eigenvalue weighted by atomic mass is 35.7. The minimum absolute atomic E-state index is 0. The van der Waals surface area contributed by atoms with Gasteiger partial charge in [0.05, 0.1) is 83.2 Å². The third-order valence-electron chi connectivity index (χ3n) is 13.3. The van der Waals surface area contributed by atoms with Gasteiger partial charge in [0.25, 0.3) is 11.8 Å². The van der Waals surface area contributed by atoms with E-state index in [1.54, 1.807) is 57.7 Å². The van der Waals surface area contributed by atoms with Crippen molar-refractivity contribution in [2.24, 2.45) is 10.1 Å². The van der Waals surface area contributed by atoms with Crippen molar-refractivity contribution in [1.29, 1.82) is 0 Å². The van der Waals surface area contributed by atoms with Crippen LogP contribution in [0.15, 0.2) is 95.3 Å². The van der Waals surface area contributed by atoms with Gasteiger partial charge in [-0.2, -0.15) is 5.10 Å². The summed E-state index contributed by atoms with van der Waals surface area (Å²) in [5.74, 6) is -0.396. The number of carbonyl (C=O) groups excluding carboxylic acids is 2. The minimum atomic E-state index is -3.43. The van der Waals surface area contributed by atoms with E-state index in [2.05, 4.69) is 68.7 Å². The van der Waals surface area contributed by atoms with Crippen LogP contribution in [-0.4, -0.2) is 153 Å². The van der Waals surface area contributed by atoms with E-state index in [0.29, 0.717) is 90.0 Å². The van der Waals surface area contributed by atoms with Crippen LogP contribution in [0.4, 0.5) is 11.4 Å². The number of nitrogens with zero attached hydrogens (tertiary/aromatic N) is 10. The number of pyridine rings is 2. The van der Waals surface area contributed by atoms with Gasteiger partial charge in [0.1, 0.15) is 35.4 Å². The van der Waals surface area contributed by atoms with E-state index < -0.39 is 19.1 Å². The van der Waals surface area contributed by atoms with E-state index in [0.717, 1.165) is 47.9 Å². The number of imidazole rings is 2. The van der Waals surface area contributed by atoms with Gasteiger partial charge >= 0.3 is 0 Å². The Bertz CT molecular complexity index is 3280. The third-order valence-corrected chi connectivity index (χ3v) is 16.7. The molecule has 3 aliphatic heterocycles. The summed E-state index contributed by atoms with van der Waals surface area (Å²) in [6.07, 6.45) is 11.4. The van der Waals surface area contributed by atoms with Gasteiger partial charge in [-0.05, 0) is 118 Å². The summed E-state index contributed by atoms with van der Waals surface area (Å²) in [4.78, 5) is 41.4. The Morgan fingerprint density at radius 1 is 0.738 bits per heavy atom. The second-order valence-electron chi connectivity index (χ2n) is 19.1. The molecule has 4 aromatic heterocycles. The number of hydrazine groups is 1. The molecule has 0 radical (unpaired) electrons. The summed E-state index contributed by atoms with van der Waals surface area (Å²) in [6.45, 7) is 22.2. The molecule has 0 saturated carbocycles. The van der Waals surface area contributed by atoms with Gasteiger partial charge in [-0.25, -0.2) is 26.8 Å². The number of aromatic nitrogens is 4. The SMILES string of the molecule is C.CC1CCCO1.CCCS(=O)(=O)Cl.CCN(CC)CC.CCc1nc2ccc(Cl)cn2c1C(=O)NCc1ccc(N2CCN(S(=O)(=O)CCOC)C=N2)cc1.CCc1nc2ccc(Cl)cn2c1C(=O)NCc1ccc(N2CCN=CN2)cc1. The molecule has 21 nitrogen and oxygen atoms in total. The van der Waals surface area contributed by atoms with Gasteiger partial charge < -0.3 is 25.0 Å². The fraction of sp³-hybridized carbons (Fsp3) is 0.483. The number of rotatable bonds is 19. The number of hydrogen-bond acceptors (Lipinski definition) is 16. The smallest absolute Gasteiger partial charge is 0.270 e. The molecular weight excluding hydrogens is 1180 g/mol. The number of ether oxygens (including phenoxy) is 2. The average molecular weight is 1260 g/mol. The maximum Gasteiger partial charge on any atom is 0.270 e. The number of sulfonamides is 1. The Morgan fingerprint density at radius 2 is 1.26 bits per heavy atom. The number of fused-ring (bicyclic) bond motifs is 2. The first kappa shape index (κ1) is 70.4. The molecule has 1 saturated heterocycles. The molecule has 0 bridgehead atoms. The van der Waals surface area contributed by atoms with Crippen molar-refractivity contribution in [2.75, 3.05) is 87.7 Å². The van der Waals surface area contributed by atoms with Gasteiger partial charge in [0.15, 0.2) is 0 Å². The number of hydrazone groups is 1. The van der Waals surface area contributed by atoms with Crippen molar-refractivity contribution in [3.63, 3.8) is 0 Å². The second-order valence-corrected chi connectivity index (χ2v) is 25.0. The summed E-state index contributed by atoms with van der Waals surface area (Å²) < 4.78 is 59.2. The number of amides is 2. The highest BCUT2D eigenvalue weighted by Crippen LogP contribution is 2.22. The van der Waals surface area contributed by atoms with Crippen molar-refractivity contribution in [3.8, 4) is 0 Å². The topological polar surface area (TPSA) is 229 Å². The Balaban J connectivity index is 0.000000272. The van der Waals surface area contributed by atoms with Crippen LogP contribution < -0.4 is 26.1 Å². The van der Waals surface area contributed by atoms with Crippen molar-refractivity contribution >= 4 is 100 Å². The zero-order chi connectivity index (χ0) is 60.5. The highest BCUT2D eigenvalue weighted by Gasteiger charge is 2.24. The highest BCUT2D eigenvalue weighted by molar-refractivity contribution is 8.13. The number of carbonyl (C=O) groups is 2. The average Bonchev–Trinajstić information content (AvgIpc) is 2.88. The first-order valence-electron chi connectivity index (χ1n) is 27.9. The molecule has 7 heterocycles. The van der Waals surface area contributed by atoms with E-state index in [1.165, 1.54) is 50.2 Å². The lowest BCUT2D eigenvalue weighted by Gasteiger charge is -2.29. The predicted molar refractivity (Wildman–Crippen MR) is 341 cm³/mol. The van der Waals surface area contributed by atoms with Crippen molar-refractivity contribution < 1.29 is 35.9 Å². The Kier molecular flexibility index (Phi) is 29.7. The molecule has 1 fully saturated rings. The van der Waals surface area contributed by atoms with E-state index in [9.17, 15) is 26.4 Å². The van der Waals surface area contributed by atoms with Crippen LogP contribution in [0, 0.1) is 0 Å². The molecule has 6 aromatic rings. The Hall–Kier alpha value is -6.05. The van der Waals surface area contributed by atoms with Gasteiger partial charge in [-0.15, -0.1) is 0 Å². The molecule has 84 heavy (non-hydrogen) atoms. The fourth-order valence-corrected chi connectivity index (χ4v) is 11.0. The van der Waals surface area contributed by atoms with Crippen LogP contribution >= 0.6 is 33.9 Å². The number of methoxy groups -OCH3 is 1. The van der Waals surface area contributed by atoms with Gasteiger partial charge in [-0.1, -0.05) is 96.4 Å². The Labute approximate surface area is 511 Å². The van der Waals surface area contributed by atoms with Crippen LogP contribution in [-0.2, 0) is 54.5 Å². The third kappa shape index (κ3) is 21.8. The molecule has 9 rings (SSSR count). The molecule has 1 atom stereocenters. The molecule has 2 aromatic carbocycles. The van der Waals surface area contributed by atoms with E-state index in [1.807, 2.05) is 73.5 Å². The second kappa shape index (κ2) is 35.4. The summed E-state index contributed by atoms with van der Waals surface area (Å²) in [5, 5.41) is 15.1. The number of nitrogens with one attached hydrogen (secondary N) is 3. The maximum atomic E-state index is 13.0. The van der Waals surface area contributed by atoms with E-state index >= 15 is 0 Å². The monoisotopic (exact) mass is 1260 g/mol. The largest absolute Gasteiger partial charge is 0.384 e. The molecule has 1 unspecified atom stereocenters. The number of aliphatic imine (C=N–C) groups is 1. The number of halogens is 3. The van der Waals surface area contributed by atoms with Gasteiger partial charge in [-0.3, -0.25) is 43.1 Å². The first-order valence-corrected chi connectivity index (χ1v) is 32.8. The zero-order valence-electron chi connectivity index (χ0n) is 48.7. The quantitative estimate of drug-likeness (QED) is 0.0642. The van der Waals surface area contributed by atoms with Crippen molar-refractivity contribution in [2.45, 2.75) is 107 Å². The maximum absolute atomic E-state index is 13.0. The number of aryl methyl sites for hydroxylation is 2. The zero-order valence-corrected chi connectivity index (χ0v) is 52.6.